The van der Waals surface area contributed by atoms with E-state index < -0.39 is 0 Å². The molecule has 1 rings (SSSR count). The number of nitrogens with zero attached hydrogens (tertiary/aromatic N) is 2. The van der Waals surface area contributed by atoms with Crippen molar-refractivity contribution in [2.24, 2.45) is 4.99 Å². The fourth-order valence-electron chi connectivity index (χ4n) is 2.54. The van der Waals surface area contributed by atoms with Crippen LogP contribution in [0.3, 0.4) is 0 Å². The first kappa shape index (κ1) is 17.0. The third-order valence-corrected chi connectivity index (χ3v) is 3.74. The van der Waals surface area contributed by atoms with Crippen molar-refractivity contribution >= 4 is 5.96 Å². The number of ether oxygens (including phenoxy) is 1. The maximum absolute atomic E-state index is 5.85. The second-order valence-corrected chi connectivity index (χ2v) is 5.46. The molecule has 1 saturated carbocycles. The van der Waals surface area contributed by atoms with Gasteiger partial charge in [-0.05, 0) is 32.1 Å². The summed E-state index contributed by atoms with van der Waals surface area (Å²) in [6.07, 6.45) is 10.9. The van der Waals surface area contributed by atoms with Crippen LogP contribution >= 0.6 is 0 Å². The molecule has 1 N–H and O–H groups in total. The van der Waals surface area contributed by atoms with E-state index in [4.69, 9.17) is 4.74 Å². The Balaban J connectivity index is 2.06. The Morgan fingerprint density at radius 1 is 1.40 bits per heavy atom. The van der Waals surface area contributed by atoms with Crippen molar-refractivity contribution < 1.29 is 4.74 Å². The van der Waals surface area contributed by atoms with E-state index in [2.05, 4.69) is 28.8 Å². The van der Waals surface area contributed by atoms with Crippen LogP contribution in [0.4, 0.5) is 0 Å². The number of rotatable bonds is 9. The number of nitrogens with one attached hydrogen (secondary N) is 1. The van der Waals surface area contributed by atoms with Gasteiger partial charge in [0.25, 0.3) is 0 Å². The zero-order chi connectivity index (χ0) is 14.6. The molecule has 0 spiro atoms. The third-order valence-electron chi connectivity index (χ3n) is 3.74. The molecular weight excluding hydrogens is 250 g/mol. The molecule has 0 aromatic heterocycles. The predicted molar refractivity (Wildman–Crippen MR) is 86.2 cm³/mol. The second-order valence-electron chi connectivity index (χ2n) is 5.46. The summed E-state index contributed by atoms with van der Waals surface area (Å²) in [4.78, 5) is 6.47. The Morgan fingerprint density at radius 2 is 2.15 bits per heavy atom. The lowest BCUT2D eigenvalue weighted by atomic mass is 10.3. The van der Waals surface area contributed by atoms with Gasteiger partial charge < -0.3 is 15.0 Å². The summed E-state index contributed by atoms with van der Waals surface area (Å²) in [6, 6.07) is 0. The van der Waals surface area contributed by atoms with Crippen LogP contribution in [-0.4, -0.2) is 50.8 Å². The van der Waals surface area contributed by atoms with Crippen LogP contribution in [0.25, 0.3) is 0 Å². The van der Waals surface area contributed by atoms with E-state index in [1.54, 1.807) is 0 Å². The van der Waals surface area contributed by atoms with Crippen LogP contribution in [0.1, 0.15) is 44.9 Å². The van der Waals surface area contributed by atoms with Crippen molar-refractivity contribution in [2.45, 2.75) is 51.0 Å². The molecule has 116 valence electrons. The maximum atomic E-state index is 5.85. The number of allylic oxidation sites excluding steroid dienone is 1. The van der Waals surface area contributed by atoms with Gasteiger partial charge in [0.05, 0.1) is 6.10 Å². The van der Waals surface area contributed by atoms with Crippen molar-refractivity contribution in [3.8, 4) is 0 Å². The van der Waals surface area contributed by atoms with Gasteiger partial charge in [-0.3, -0.25) is 4.99 Å². The van der Waals surface area contributed by atoms with Crippen LogP contribution in [0.15, 0.2) is 17.6 Å². The molecule has 4 nitrogen and oxygen atoms in total. The summed E-state index contributed by atoms with van der Waals surface area (Å²) in [7, 11) is 3.91. The molecule has 1 aliphatic rings. The van der Waals surface area contributed by atoms with E-state index in [1.807, 2.05) is 13.1 Å². The molecule has 0 heterocycles. The molecule has 0 saturated heterocycles. The van der Waals surface area contributed by atoms with Crippen molar-refractivity contribution in [1.29, 1.82) is 0 Å². The van der Waals surface area contributed by atoms with Crippen LogP contribution in [-0.2, 0) is 4.74 Å². The molecule has 1 aliphatic carbocycles. The summed E-state index contributed by atoms with van der Waals surface area (Å²) in [5.74, 6) is 0.968. The van der Waals surface area contributed by atoms with Crippen molar-refractivity contribution in [2.75, 3.05) is 33.8 Å². The standard InChI is InChI=1S/C16H31N3O/c1-4-5-8-13-19(3)16(17-2)18-12-9-14-20-15-10-6-7-11-15/h4,15H,1,5-14H2,2-3H3,(H,17,18). The molecule has 0 unspecified atom stereocenters. The Kier molecular flexibility index (Phi) is 9.13. The monoisotopic (exact) mass is 281 g/mol. The fraction of sp³-hybridized carbons (Fsp3) is 0.812. The van der Waals surface area contributed by atoms with Crippen LogP contribution < -0.4 is 5.32 Å². The molecule has 0 radical (unpaired) electrons. The highest BCUT2D eigenvalue weighted by atomic mass is 16.5. The van der Waals surface area contributed by atoms with Crippen LogP contribution in [0, 0.1) is 0 Å². The quantitative estimate of drug-likeness (QED) is 0.306. The number of hydrogen-bond acceptors (Lipinski definition) is 2. The molecule has 20 heavy (non-hydrogen) atoms. The summed E-state index contributed by atoms with van der Waals surface area (Å²) < 4.78 is 5.85. The predicted octanol–water partition coefficient (Wildman–Crippen LogP) is 2.81. The first-order chi connectivity index (χ1) is 9.77. The van der Waals surface area contributed by atoms with Gasteiger partial charge in [0, 0.05) is 33.8 Å². The van der Waals surface area contributed by atoms with E-state index in [-0.39, 0.29) is 0 Å². The lowest BCUT2D eigenvalue weighted by molar-refractivity contribution is 0.0573. The Labute approximate surface area is 124 Å². The maximum Gasteiger partial charge on any atom is 0.193 e. The van der Waals surface area contributed by atoms with Gasteiger partial charge in [0.2, 0.25) is 0 Å². The normalized spacial score (nSPS) is 16.4. The highest BCUT2D eigenvalue weighted by Gasteiger charge is 2.14. The third kappa shape index (κ3) is 6.94. The lowest BCUT2D eigenvalue weighted by Crippen LogP contribution is -2.40. The molecule has 0 aromatic rings. The average Bonchev–Trinajstić information content (AvgIpc) is 2.96. The fourth-order valence-corrected chi connectivity index (χ4v) is 2.54. The van der Waals surface area contributed by atoms with Gasteiger partial charge in [0.15, 0.2) is 5.96 Å². The number of hydrogen-bond donors (Lipinski definition) is 1. The molecule has 0 bridgehead atoms. The van der Waals surface area contributed by atoms with Gasteiger partial charge in [-0.2, -0.15) is 0 Å². The highest BCUT2D eigenvalue weighted by molar-refractivity contribution is 5.79. The van der Waals surface area contributed by atoms with Crippen LogP contribution in [0.5, 0.6) is 0 Å². The Morgan fingerprint density at radius 3 is 2.80 bits per heavy atom. The molecule has 0 aliphatic heterocycles. The van der Waals surface area contributed by atoms with Gasteiger partial charge in [-0.1, -0.05) is 18.9 Å². The lowest BCUT2D eigenvalue weighted by Gasteiger charge is -2.22. The summed E-state index contributed by atoms with van der Waals surface area (Å²) in [5, 5.41) is 3.39. The van der Waals surface area contributed by atoms with Gasteiger partial charge in [-0.15, -0.1) is 6.58 Å². The van der Waals surface area contributed by atoms with Crippen molar-refractivity contribution in [1.82, 2.24) is 10.2 Å². The zero-order valence-corrected chi connectivity index (χ0v) is 13.2. The smallest absolute Gasteiger partial charge is 0.193 e. The van der Waals surface area contributed by atoms with E-state index >= 15 is 0 Å². The van der Waals surface area contributed by atoms with E-state index in [0.29, 0.717) is 6.10 Å². The van der Waals surface area contributed by atoms with Crippen LogP contribution in [0.2, 0.25) is 0 Å². The molecule has 0 aromatic carbocycles. The second kappa shape index (κ2) is 10.7. The minimum atomic E-state index is 0.524. The topological polar surface area (TPSA) is 36.9 Å². The average molecular weight is 281 g/mol. The Hall–Kier alpha value is -1.03. The minimum absolute atomic E-state index is 0.524. The van der Waals surface area contributed by atoms with Gasteiger partial charge in [0.1, 0.15) is 0 Å². The van der Waals surface area contributed by atoms with E-state index in [9.17, 15) is 0 Å². The van der Waals surface area contributed by atoms with Gasteiger partial charge in [-0.25, -0.2) is 0 Å². The first-order valence-electron chi connectivity index (χ1n) is 7.92. The first-order valence-corrected chi connectivity index (χ1v) is 7.92. The zero-order valence-electron chi connectivity index (χ0n) is 13.2. The van der Waals surface area contributed by atoms with Crippen molar-refractivity contribution in [3.05, 3.63) is 12.7 Å². The molecule has 1 fully saturated rings. The van der Waals surface area contributed by atoms with Crippen molar-refractivity contribution in [3.63, 3.8) is 0 Å². The summed E-state index contributed by atoms with van der Waals surface area (Å²) in [6.45, 7) is 6.53. The van der Waals surface area contributed by atoms with E-state index in [0.717, 1.165) is 44.9 Å². The molecule has 0 atom stereocenters. The SMILES string of the molecule is C=CCCCN(C)C(=NC)NCCCOC1CCCC1. The summed E-state index contributed by atoms with van der Waals surface area (Å²) in [5.41, 5.74) is 0. The van der Waals surface area contributed by atoms with E-state index in [1.165, 1.54) is 25.7 Å². The largest absolute Gasteiger partial charge is 0.378 e. The summed E-state index contributed by atoms with van der Waals surface area (Å²) >= 11 is 0. The highest BCUT2D eigenvalue weighted by Crippen LogP contribution is 2.20. The Bertz CT molecular complexity index is 285. The number of guanidine groups is 1. The number of unbranched alkanes of at least 4 members (excludes halogenated alkanes) is 1. The number of aliphatic imine (C=N–C) groups is 1. The van der Waals surface area contributed by atoms with Gasteiger partial charge >= 0.3 is 0 Å². The molecular formula is C16H31N3O. The molecule has 4 heteroatoms. The minimum Gasteiger partial charge on any atom is -0.378 e. The molecule has 0 amide bonds.